The van der Waals surface area contributed by atoms with Crippen LogP contribution in [0.1, 0.15) is 18.1 Å². The molecule has 100 valence electrons. The lowest BCUT2D eigenvalue weighted by atomic mass is 10.0. The normalized spacial score (nSPS) is 10.6. The van der Waals surface area contributed by atoms with Crippen LogP contribution in [0.15, 0.2) is 27.4 Å². The van der Waals surface area contributed by atoms with Gasteiger partial charge < -0.3 is 19.1 Å². The number of fused-ring (bicyclic) bond motifs is 1. The van der Waals surface area contributed by atoms with E-state index >= 15 is 0 Å². The van der Waals surface area contributed by atoms with E-state index in [-0.39, 0.29) is 5.56 Å². The Kier molecular flexibility index (Phi) is 3.55. The Morgan fingerprint density at radius 3 is 2.79 bits per heavy atom. The Balaban J connectivity index is 2.62. The van der Waals surface area contributed by atoms with E-state index in [0.717, 1.165) is 0 Å². The van der Waals surface area contributed by atoms with Crippen molar-refractivity contribution in [3.8, 4) is 5.75 Å². The number of hydrogen-bond acceptors (Lipinski definition) is 5. The van der Waals surface area contributed by atoms with Crippen molar-refractivity contribution in [1.82, 2.24) is 0 Å². The molecule has 0 saturated heterocycles. The van der Waals surface area contributed by atoms with Crippen molar-refractivity contribution in [3.63, 3.8) is 0 Å². The van der Waals surface area contributed by atoms with Gasteiger partial charge in [0.1, 0.15) is 11.3 Å². The molecule has 0 amide bonds. The molecule has 0 saturated carbocycles. The van der Waals surface area contributed by atoms with Crippen LogP contribution in [0.3, 0.4) is 0 Å². The first kappa shape index (κ1) is 13.1. The number of hydrogen-bond donors (Lipinski definition) is 0. The minimum absolute atomic E-state index is 0.122. The van der Waals surface area contributed by atoms with Gasteiger partial charge in [0.15, 0.2) is 0 Å². The summed E-state index contributed by atoms with van der Waals surface area (Å²) in [5.41, 5.74) is 0.452. The minimum Gasteiger partial charge on any atom is -0.550 e. The molecule has 0 spiro atoms. The molecular weight excluding hydrogens is 248 g/mol. The maximum absolute atomic E-state index is 11.8. The van der Waals surface area contributed by atoms with E-state index in [1.165, 1.54) is 0 Å². The summed E-state index contributed by atoms with van der Waals surface area (Å²) in [5.74, 6) is -0.703. The van der Waals surface area contributed by atoms with E-state index in [9.17, 15) is 14.7 Å². The number of aliphatic carboxylic acids is 1. The zero-order valence-corrected chi connectivity index (χ0v) is 10.7. The van der Waals surface area contributed by atoms with Crippen molar-refractivity contribution in [2.75, 3.05) is 6.61 Å². The van der Waals surface area contributed by atoms with Gasteiger partial charge in [0.25, 0.3) is 0 Å². The van der Waals surface area contributed by atoms with Gasteiger partial charge in [0.2, 0.25) is 0 Å². The molecule has 0 radical (unpaired) electrons. The molecule has 0 unspecified atom stereocenters. The van der Waals surface area contributed by atoms with Gasteiger partial charge in [0, 0.05) is 29.4 Å². The zero-order valence-electron chi connectivity index (χ0n) is 10.7. The van der Waals surface area contributed by atoms with E-state index < -0.39 is 18.0 Å². The molecule has 1 aromatic carbocycles. The lowest BCUT2D eigenvalue weighted by molar-refractivity contribution is -0.304. The predicted molar refractivity (Wildman–Crippen MR) is 67.1 cm³/mol. The molecule has 0 bridgehead atoms. The van der Waals surface area contributed by atoms with Crippen molar-refractivity contribution in [2.24, 2.45) is 0 Å². The average Bonchev–Trinajstić information content (AvgIpc) is 2.34. The quantitative estimate of drug-likeness (QED) is 0.760. The van der Waals surface area contributed by atoms with Gasteiger partial charge in [-0.3, -0.25) is 0 Å². The van der Waals surface area contributed by atoms with Gasteiger partial charge >= 0.3 is 5.63 Å². The lowest BCUT2D eigenvalue weighted by Gasteiger charge is -2.09. The highest BCUT2D eigenvalue weighted by Gasteiger charge is 2.12. The number of carboxylic acid groups (broad SMARTS) is 1. The highest BCUT2D eigenvalue weighted by molar-refractivity contribution is 5.83. The largest absolute Gasteiger partial charge is 0.550 e. The molecular formula is C14H13O5-. The van der Waals surface area contributed by atoms with E-state index in [2.05, 4.69) is 0 Å². The van der Waals surface area contributed by atoms with Crippen molar-refractivity contribution in [2.45, 2.75) is 20.3 Å². The third kappa shape index (κ3) is 2.59. The van der Waals surface area contributed by atoms with Crippen LogP contribution in [0.25, 0.3) is 11.0 Å². The topological polar surface area (TPSA) is 79.6 Å². The fourth-order valence-corrected chi connectivity index (χ4v) is 1.98. The van der Waals surface area contributed by atoms with Gasteiger partial charge in [0.05, 0.1) is 6.61 Å². The Hall–Kier alpha value is -2.30. The molecule has 0 aliphatic rings. The molecule has 19 heavy (non-hydrogen) atoms. The standard InChI is InChI=1S/C14H14O5/c1-3-18-9-4-5-10-8(2)11(7-13(15)16)14(17)19-12(10)6-9/h4-6H,3,7H2,1-2H3,(H,15,16)/p-1. The molecule has 1 heterocycles. The number of benzene rings is 1. The van der Waals surface area contributed by atoms with Crippen LogP contribution in [0.2, 0.25) is 0 Å². The minimum atomic E-state index is -1.30. The number of ether oxygens (including phenoxy) is 1. The number of carbonyl (C=O) groups excluding carboxylic acids is 1. The molecule has 5 heteroatoms. The molecule has 5 nitrogen and oxygen atoms in total. The van der Waals surface area contributed by atoms with E-state index in [1.54, 1.807) is 25.1 Å². The van der Waals surface area contributed by atoms with Gasteiger partial charge in [-0.2, -0.15) is 0 Å². The molecule has 2 aromatic rings. The Morgan fingerprint density at radius 2 is 2.16 bits per heavy atom. The number of carboxylic acids is 1. The number of carbonyl (C=O) groups is 1. The van der Waals surface area contributed by atoms with Crippen molar-refractivity contribution < 1.29 is 19.1 Å². The summed E-state index contributed by atoms with van der Waals surface area (Å²) >= 11 is 0. The van der Waals surface area contributed by atoms with Crippen LogP contribution in [0, 0.1) is 6.92 Å². The summed E-state index contributed by atoms with van der Waals surface area (Å²) in [5, 5.41) is 11.3. The van der Waals surface area contributed by atoms with Crippen molar-refractivity contribution in [3.05, 3.63) is 39.7 Å². The smallest absolute Gasteiger partial charge is 0.340 e. The Labute approximate surface area is 109 Å². The second kappa shape index (κ2) is 5.14. The summed E-state index contributed by atoms with van der Waals surface area (Å²) in [6.45, 7) is 4.06. The highest BCUT2D eigenvalue weighted by atomic mass is 16.5. The van der Waals surface area contributed by atoms with Crippen molar-refractivity contribution >= 4 is 16.9 Å². The van der Waals surface area contributed by atoms with Crippen LogP contribution in [-0.2, 0) is 11.2 Å². The summed E-state index contributed by atoms with van der Waals surface area (Å²) < 4.78 is 10.5. The number of rotatable bonds is 4. The van der Waals surface area contributed by atoms with E-state index in [4.69, 9.17) is 9.15 Å². The molecule has 1 aromatic heterocycles. The van der Waals surface area contributed by atoms with Gasteiger partial charge in [-0.25, -0.2) is 4.79 Å². The molecule has 0 aliphatic carbocycles. The highest BCUT2D eigenvalue weighted by Crippen LogP contribution is 2.24. The summed E-state index contributed by atoms with van der Waals surface area (Å²) in [6, 6.07) is 5.12. The summed E-state index contributed by atoms with van der Waals surface area (Å²) in [6.07, 6.45) is -0.447. The van der Waals surface area contributed by atoms with Crippen LogP contribution in [0.4, 0.5) is 0 Å². The van der Waals surface area contributed by atoms with E-state index in [1.807, 2.05) is 6.92 Å². The van der Waals surface area contributed by atoms with Crippen LogP contribution < -0.4 is 15.5 Å². The van der Waals surface area contributed by atoms with Gasteiger partial charge in [-0.15, -0.1) is 0 Å². The second-order valence-corrected chi connectivity index (χ2v) is 4.13. The Morgan fingerprint density at radius 1 is 1.42 bits per heavy atom. The third-order valence-corrected chi connectivity index (χ3v) is 2.89. The van der Waals surface area contributed by atoms with Crippen molar-refractivity contribution in [1.29, 1.82) is 0 Å². The number of aryl methyl sites for hydroxylation is 1. The predicted octanol–water partition coefficient (Wildman–Crippen LogP) is 0.793. The van der Waals surface area contributed by atoms with Crippen LogP contribution in [0.5, 0.6) is 5.75 Å². The fraction of sp³-hybridized carbons (Fsp3) is 0.286. The average molecular weight is 261 g/mol. The Bertz CT molecular complexity index is 684. The van der Waals surface area contributed by atoms with Gasteiger partial charge in [-0.1, -0.05) is 0 Å². The van der Waals surface area contributed by atoms with Gasteiger partial charge in [-0.05, 0) is 31.5 Å². The maximum Gasteiger partial charge on any atom is 0.340 e. The summed E-state index contributed by atoms with van der Waals surface area (Å²) in [4.78, 5) is 22.4. The van der Waals surface area contributed by atoms with E-state index in [0.29, 0.717) is 28.9 Å². The molecule has 0 N–H and O–H groups in total. The zero-order chi connectivity index (χ0) is 14.0. The molecule has 0 fully saturated rings. The molecule has 2 rings (SSSR count). The van der Waals surface area contributed by atoms with Crippen LogP contribution >= 0.6 is 0 Å². The summed E-state index contributed by atoms with van der Waals surface area (Å²) in [7, 11) is 0. The first-order valence-electron chi connectivity index (χ1n) is 5.92. The monoisotopic (exact) mass is 261 g/mol. The fourth-order valence-electron chi connectivity index (χ4n) is 1.98. The van der Waals surface area contributed by atoms with Crippen LogP contribution in [-0.4, -0.2) is 12.6 Å². The first-order valence-corrected chi connectivity index (χ1v) is 5.92. The molecule has 0 atom stereocenters. The second-order valence-electron chi connectivity index (χ2n) is 4.13. The third-order valence-electron chi connectivity index (χ3n) is 2.89. The lowest BCUT2D eigenvalue weighted by Crippen LogP contribution is -2.27. The first-order chi connectivity index (χ1) is 9.02. The maximum atomic E-state index is 11.8. The SMILES string of the molecule is CCOc1ccc2c(C)c(CC(=O)[O-])c(=O)oc2c1. The molecule has 0 aliphatic heterocycles.